The Morgan fingerprint density at radius 2 is 2.00 bits per heavy atom. The van der Waals surface area contributed by atoms with Gasteiger partial charge in [0.15, 0.2) is 0 Å². The van der Waals surface area contributed by atoms with Gasteiger partial charge in [-0.3, -0.25) is 4.90 Å². The molecule has 27 heavy (non-hydrogen) atoms. The molecule has 9 heteroatoms. The number of carbonyl (C=O) groups is 1. The SMILES string of the molecule is N#Cc1ccccc1CSCCNC(=O)N1CCCN(CC(F)(F)F)CC1. The molecule has 2 amide bonds. The van der Waals surface area contributed by atoms with E-state index in [2.05, 4.69) is 11.4 Å². The fourth-order valence-electron chi connectivity index (χ4n) is 2.86. The van der Waals surface area contributed by atoms with Crippen LogP contribution in [-0.2, 0) is 5.75 Å². The number of nitrogens with one attached hydrogen (secondary N) is 1. The van der Waals surface area contributed by atoms with E-state index < -0.39 is 12.7 Å². The van der Waals surface area contributed by atoms with E-state index in [0.717, 1.165) is 5.56 Å². The van der Waals surface area contributed by atoms with Crippen LogP contribution in [-0.4, -0.2) is 67.0 Å². The van der Waals surface area contributed by atoms with Crippen molar-refractivity contribution in [3.63, 3.8) is 0 Å². The Morgan fingerprint density at radius 3 is 2.74 bits per heavy atom. The second-order valence-electron chi connectivity index (χ2n) is 6.29. The van der Waals surface area contributed by atoms with Gasteiger partial charge in [-0.05, 0) is 18.1 Å². The zero-order valence-corrected chi connectivity index (χ0v) is 15.8. The molecular formula is C18H23F3N4OS. The van der Waals surface area contributed by atoms with Crippen LogP contribution in [0.2, 0.25) is 0 Å². The van der Waals surface area contributed by atoms with E-state index >= 15 is 0 Å². The van der Waals surface area contributed by atoms with E-state index in [9.17, 15) is 18.0 Å². The highest BCUT2D eigenvalue weighted by atomic mass is 32.2. The van der Waals surface area contributed by atoms with E-state index in [0.29, 0.717) is 49.7 Å². The van der Waals surface area contributed by atoms with E-state index in [1.165, 1.54) is 4.90 Å². The van der Waals surface area contributed by atoms with Crippen LogP contribution >= 0.6 is 11.8 Å². The second-order valence-corrected chi connectivity index (χ2v) is 7.39. The van der Waals surface area contributed by atoms with Crippen molar-refractivity contribution in [2.45, 2.75) is 18.3 Å². The summed E-state index contributed by atoms with van der Waals surface area (Å²) in [5, 5.41) is 11.9. The molecule has 1 aromatic rings. The minimum Gasteiger partial charge on any atom is -0.337 e. The van der Waals surface area contributed by atoms with Crippen LogP contribution in [0.3, 0.4) is 0 Å². The smallest absolute Gasteiger partial charge is 0.337 e. The quantitative estimate of drug-likeness (QED) is 0.746. The lowest BCUT2D eigenvalue weighted by Crippen LogP contribution is -2.43. The molecule has 0 aromatic heterocycles. The summed E-state index contributed by atoms with van der Waals surface area (Å²) in [5.41, 5.74) is 1.62. The Balaban J connectivity index is 1.66. The molecule has 0 saturated carbocycles. The van der Waals surface area contributed by atoms with Crippen LogP contribution in [0, 0.1) is 11.3 Å². The molecule has 1 N–H and O–H groups in total. The highest BCUT2D eigenvalue weighted by Gasteiger charge is 2.31. The molecule has 1 saturated heterocycles. The van der Waals surface area contributed by atoms with E-state index in [1.807, 2.05) is 18.2 Å². The van der Waals surface area contributed by atoms with Crippen LogP contribution in [0.5, 0.6) is 0 Å². The molecule has 1 aromatic carbocycles. The molecule has 0 unspecified atom stereocenters. The minimum absolute atomic E-state index is 0.229. The van der Waals surface area contributed by atoms with Crippen molar-refractivity contribution < 1.29 is 18.0 Å². The van der Waals surface area contributed by atoms with E-state index in [1.54, 1.807) is 22.7 Å². The molecule has 148 valence electrons. The van der Waals surface area contributed by atoms with Crippen molar-refractivity contribution in [1.29, 1.82) is 5.26 Å². The first-order valence-electron chi connectivity index (χ1n) is 8.76. The van der Waals surface area contributed by atoms with Gasteiger partial charge in [0, 0.05) is 44.2 Å². The Bertz CT molecular complexity index is 663. The molecule has 1 aliphatic rings. The molecule has 1 heterocycles. The first-order valence-corrected chi connectivity index (χ1v) is 9.92. The summed E-state index contributed by atoms with van der Waals surface area (Å²) in [5.74, 6) is 1.38. The van der Waals surface area contributed by atoms with Crippen molar-refractivity contribution in [3.05, 3.63) is 35.4 Å². The number of hydrogen-bond acceptors (Lipinski definition) is 4. The number of rotatable bonds is 6. The summed E-state index contributed by atoms with van der Waals surface area (Å²) in [6, 6.07) is 9.32. The van der Waals surface area contributed by atoms with Crippen LogP contribution in [0.15, 0.2) is 24.3 Å². The fraction of sp³-hybridized carbons (Fsp3) is 0.556. The number of carbonyl (C=O) groups excluding carboxylic acids is 1. The molecule has 1 aliphatic heterocycles. The molecular weight excluding hydrogens is 377 g/mol. The van der Waals surface area contributed by atoms with Gasteiger partial charge >= 0.3 is 12.2 Å². The minimum atomic E-state index is -4.21. The summed E-state index contributed by atoms with van der Waals surface area (Å²) < 4.78 is 37.4. The number of nitriles is 1. The number of amides is 2. The molecule has 0 radical (unpaired) electrons. The maximum Gasteiger partial charge on any atom is 0.401 e. The van der Waals surface area contributed by atoms with E-state index in [4.69, 9.17) is 5.26 Å². The Kier molecular flexibility index (Phi) is 8.25. The first-order chi connectivity index (χ1) is 12.9. The fourth-order valence-corrected chi connectivity index (χ4v) is 3.73. The molecule has 1 fully saturated rings. The van der Waals surface area contributed by atoms with Gasteiger partial charge in [-0.15, -0.1) is 0 Å². The molecule has 0 atom stereocenters. The summed E-state index contributed by atoms with van der Waals surface area (Å²) in [4.78, 5) is 15.1. The van der Waals surface area contributed by atoms with Crippen LogP contribution in [0.1, 0.15) is 17.5 Å². The van der Waals surface area contributed by atoms with Crippen molar-refractivity contribution in [2.24, 2.45) is 0 Å². The summed E-state index contributed by atoms with van der Waals surface area (Å²) in [7, 11) is 0. The third-order valence-electron chi connectivity index (χ3n) is 4.20. The molecule has 0 spiro atoms. The number of thioether (sulfide) groups is 1. The molecule has 0 aliphatic carbocycles. The number of urea groups is 1. The third-order valence-corrected chi connectivity index (χ3v) is 5.20. The van der Waals surface area contributed by atoms with Crippen molar-refractivity contribution in [1.82, 2.24) is 15.1 Å². The van der Waals surface area contributed by atoms with Gasteiger partial charge in [0.1, 0.15) is 0 Å². The topological polar surface area (TPSA) is 59.4 Å². The average molecular weight is 400 g/mol. The number of benzene rings is 1. The largest absolute Gasteiger partial charge is 0.401 e. The zero-order chi connectivity index (χ0) is 19.7. The number of hydrogen-bond donors (Lipinski definition) is 1. The van der Waals surface area contributed by atoms with Crippen molar-refractivity contribution in [2.75, 3.05) is 45.0 Å². The maximum atomic E-state index is 12.5. The Hall–Kier alpha value is -1.92. The maximum absolute atomic E-state index is 12.5. The van der Waals surface area contributed by atoms with Gasteiger partial charge < -0.3 is 10.2 Å². The van der Waals surface area contributed by atoms with Crippen LogP contribution < -0.4 is 5.32 Å². The normalized spacial score (nSPS) is 15.9. The van der Waals surface area contributed by atoms with Gasteiger partial charge in [0.25, 0.3) is 0 Å². The number of nitrogens with zero attached hydrogens (tertiary/aromatic N) is 3. The summed E-state index contributed by atoms with van der Waals surface area (Å²) >= 11 is 1.62. The van der Waals surface area contributed by atoms with E-state index in [-0.39, 0.29) is 12.6 Å². The van der Waals surface area contributed by atoms with Crippen LogP contribution in [0.4, 0.5) is 18.0 Å². The van der Waals surface area contributed by atoms with Crippen molar-refractivity contribution in [3.8, 4) is 6.07 Å². The highest BCUT2D eigenvalue weighted by molar-refractivity contribution is 7.98. The molecule has 0 bridgehead atoms. The van der Waals surface area contributed by atoms with Gasteiger partial charge in [0.2, 0.25) is 0 Å². The monoisotopic (exact) mass is 400 g/mol. The second kappa shape index (κ2) is 10.4. The van der Waals surface area contributed by atoms with Gasteiger partial charge in [-0.1, -0.05) is 18.2 Å². The average Bonchev–Trinajstić information content (AvgIpc) is 2.85. The van der Waals surface area contributed by atoms with Crippen molar-refractivity contribution >= 4 is 17.8 Å². The predicted octanol–water partition coefficient (Wildman–Crippen LogP) is 3.07. The third kappa shape index (κ3) is 7.69. The summed E-state index contributed by atoms with van der Waals surface area (Å²) in [6.45, 7) is 0.877. The Morgan fingerprint density at radius 1 is 1.22 bits per heavy atom. The zero-order valence-electron chi connectivity index (χ0n) is 15.0. The van der Waals surface area contributed by atoms with Gasteiger partial charge in [-0.25, -0.2) is 4.79 Å². The van der Waals surface area contributed by atoms with Crippen LogP contribution in [0.25, 0.3) is 0 Å². The predicted molar refractivity (Wildman–Crippen MR) is 99.4 cm³/mol. The molecule has 5 nitrogen and oxygen atoms in total. The first kappa shape index (κ1) is 21.4. The number of halogens is 3. The van der Waals surface area contributed by atoms with Gasteiger partial charge in [-0.2, -0.15) is 30.2 Å². The highest BCUT2D eigenvalue weighted by Crippen LogP contribution is 2.18. The standard InChI is InChI=1S/C18H23F3N4OS/c19-18(20,21)14-24-7-3-8-25(10-9-24)17(26)23-6-11-27-13-16-5-2-1-4-15(16)12-22/h1-2,4-5H,3,6-11,13-14H2,(H,23,26). The lowest BCUT2D eigenvalue weighted by molar-refractivity contribution is -0.145. The lowest BCUT2D eigenvalue weighted by atomic mass is 10.1. The lowest BCUT2D eigenvalue weighted by Gasteiger charge is -2.23. The molecule has 2 rings (SSSR count). The number of alkyl halides is 3. The Labute approximate surface area is 161 Å². The van der Waals surface area contributed by atoms with Gasteiger partial charge in [0.05, 0.1) is 18.2 Å². The summed E-state index contributed by atoms with van der Waals surface area (Å²) in [6.07, 6.45) is -3.68.